The highest BCUT2D eigenvalue weighted by atomic mass is 16.6. The number of ether oxygens (including phenoxy) is 1. The average molecular weight is 280 g/mol. The summed E-state index contributed by atoms with van der Waals surface area (Å²) < 4.78 is 5.31. The van der Waals surface area contributed by atoms with Crippen LogP contribution in [0.5, 0.6) is 0 Å². The van der Waals surface area contributed by atoms with Gasteiger partial charge in [0, 0.05) is 32.0 Å². The minimum atomic E-state index is -0.0908. The lowest BCUT2D eigenvalue weighted by molar-refractivity contribution is -0.145. The van der Waals surface area contributed by atoms with Crippen LogP contribution in [0.4, 0.5) is 0 Å². The highest BCUT2D eigenvalue weighted by Crippen LogP contribution is 2.34. The summed E-state index contributed by atoms with van der Waals surface area (Å²) in [6.07, 6.45) is 5.18. The second-order valence-corrected chi connectivity index (χ2v) is 6.37. The number of carbonyl (C=O) groups is 2. The number of nitrogens with zero attached hydrogens (tertiary/aromatic N) is 2. The molecular formula is C15H24N2O3. The van der Waals surface area contributed by atoms with E-state index in [1.54, 1.807) is 6.92 Å². The number of hydrogen-bond acceptors (Lipinski definition) is 4. The van der Waals surface area contributed by atoms with Gasteiger partial charge < -0.3 is 9.64 Å². The number of cyclic esters (lactones) is 1. The maximum atomic E-state index is 12.0. The summed E-state index contributed by atoms with van der Waals surface area (Å²) in [6.45, 7) is 5.44. The number of likely N-dealkylation sites (tertiary alicyclic amines) is 2. The minimum absolute atomic E-state index is 0.0289. The van der Waals surface area contributed by atoms with E-state index in [0.29, 0.717) is 12.1 Å². The fourth-order valence-electron chi connectivity index (χ4n) is 4.20. The Morgan fingerprint density at radius 1 is 1.20 bits per heavy atom. The highest BCUT2D eigenvalue weighted by Gasteiger charge is 2.46. The number of hydrogen-bond donors (Lipinski definition) is 0. The number of esters is 1. The third-order valence-corrected chi connectivity index (χ3v) is 5.03. The molecule has 0 aromatic heterocycles. The monoisotopic (exact) mass is 280 g/mol. The van der Waals surface area contributed by atoms with Crippen molar-refractivity contribution >= 4 is 11.9 Å². The molecule has 1 amide bonds. The van der Waals surface area contributed by atoms with Crippen LogP contribution in [0, 0.1) is 0 Å². The molecule has 5 heteroatoms. The van der Waals surface area contributed by atoms with E-state index < -0.39 is 0 Å². The van der Waals surface area contributed by atoms with Crippen LogP contribution < -0.4 is 0 Å². The first-order valence-corrected chi connectivity index (χ1v) is 7.81. The predicted molar refractivity (Wildman–Crippen MR) is 74.1 cm³/mol. The van der Waals surface area contributed by atoms with E-state index in [1.807, 2.05) is 11.8 Å². The molecule has 4 unspecified atom stereocenters. The lowest BCUT2D eigenvalue weighted by Gasteiger charge is -2.36. The average Bonchev–Trinajstić information content (AvgIpc) is 3.06. The normalized spacial score (nSPS) is 38.5. The molecule has 3 fully saturated rings. The summed E-state index contributed by atoms with van der Waals surface area (Å²) in [5.41, 5.74) is 0. The van der Waals surface area contributed by atoms with Gasteiger partial charge in [-0.3, -0.25) is 14.5 Å². The van der Waals surface area contributed by atoms with E-state index in [4.69, 9.17) is 4.74 Å². The second-order valence-electron chi connectivity index (χ2n) is 6.37. The van der Waals surface area contributed by atoms with E-state index >= 15 is 0 Å². The molecule has 112 valence electrons. The molecule has 0 spiro atoms. The van der Waals surface area contributed by atoms with Gasteiger partial charge in [-0.15, -0.1) is 0 Å². The Labute approximate surface area is 120 Å². The molecule has 0 N–H and O–H groups in total. The van der Waals surface area contributed by atoms with Gasteiger partial charge in [0.1, 0.15) is 12.1 Å². The van der Waals surface area contributed by atoms with Gasteiger partial charge in [-0.25, -0.2) is 0 Å². The zero-order valence-corrected chi connectivity index (χ0v) is 12.4. The molecule has 0 aliphatic carbocycles. The number of carbonyl (C=O) groups excluding carboxylic acids is 2. The SMILES string of the molecule is CC(=O)N1CCCC1C1CCCN1C1CC(C)OC1=O. The Morgan fingerprint density at radius 2 is 1.90 bits per heavy atom. The van der Waals surface area contributed by atoms with Crippen molar-refractivity contribution in [3.8, 4) is 0 Å². The van der Waals surface area contributed by atoms with Crippen LogP contribution in [0.25, 0.3) is 0 Å². The zero-order valence-electron chi connectivity index (χ0n) is 12.4. The Balaban J connectivity index is 1.75. The molecule has 3 rings (SSSR count). The molecule has 5 nitrogen and oxygen atoms in total. The largest absolute Gasteiger partial charge is 0.461 e. The highest BCUT2D eigenvalue weighted by molar-refractivity contribution is 5.78. The number of amides is 1. The molecular weight excluding hydrogens is 256 g/mol. The molecule has 0 saturated carbocycles. The van der Waals surface area contributed by atoms with Crippen LogP contribution in [0.1, 0.15) is 46.0 Å². The van der Waals surface area contributed by atoms with Crippen LogP contribution in [-0.2, 0) is 14.3 Å². The first-order valence-electron chi connectivity index (χ1n) is 7.81. The van der Waals surface area contributed by atoms with Gasteiger partial charge >= 0.3 is 5.97 Å². The van der Waals surface area contributed by atoms with Crippen molar-refractivity contribution < 1.29 is 14.3 Å². The van der Waals surface area contributed by atoms with Gasteiger partial charge in [0.05, 0.1) is 0 Å². The lowest BCUT2D eigenvalue weighted by atomic mass is 10.0. The fourth-order valence-corrected chi connectivity index (χ4v) is 4.20. The van der Waals surface area contributed by atoms with E-state index in [9.17, 15) is 9.59 Å². The predicted octanol–water partition coefficient (Wildman–Crippen LogP) is 1.17. The van der Waals surface area contributed by atoms with E-state index in [-0.39, 0.29) is 24.0 Å². The molecule has 3 aliphatic heterocycles. The van der Waals surface area contributed by atoms with Gasteiger partial charge in [-0.05, 0) is 39.2 Å². The Kier molecular flexibility index (Phi) is 3.71. The van der Waals surface area contributed by atoms with Crippen molar-refractivity contribution in [1.29, 1.82) is 0 Å². The van der Waals surface area contributed by atoms with Gasteiger partial charge in [-0.1, -0.05) is 0 Å². The van der Waals surface area contributed by atoms with Crippen LogP contribution in [-0.4, -0.2) is 59.0 Å². The second kappa shape index (κ2) is 5.35. The maximum Gasteiger partial charge on any atom is 0.323 e. The quantitative estimate of drug-likeness (QED) is 0.712. The van der Waals surface area contributed by atoms with Crippen LogP contribution in [0.15, 0.2) is 0 Å². The standard InChI is InChI=1S/C15H24N2O3/c1-10-9-14(15(19)20-10)17-8-4-6-13(17)12-5-3-7-16(12)11(2)18/h10,12-14H,3-9H2,1-2H3. The maximum absolute atomic E-state index is 12.0. The van der Waals surface area contributed by atoms with Crippen LogP contribution in [0.2, 0.25) is 0 Å². The molecule has 4 atom stereocenters. The minimum Gasteiger partial charge on any atom is -0.461 e. The molecule has 0 aromatic carbocycles. The lowest BCUT2D eigenvalue weighted by Crippen LogP contribution is -2.52. The van der Waals surface area contributed by atoms with Crippen LogP contribution >= 0.6 is 0 Å². The van der Waals surface area contributed by atoms with Crippen LogP contribution in [0.3, 0.4) is 0 Å². The van der Waals surface area contributed by atoms with Crippen molar-refractivity contribution in [2.75, 3.05) is 13.1 Å². The Bertz CT molecular complexity index is 412. The van der Waals surface area contributed by atoms with Crippen molar-refractivity contribution in [3.63, 3.8) is 0 Å². The smallest absolute Gasteiger partial charge is 0.323 e. The van der Waals surface area contributed by atoms with Crippen molar-refractivity contribution in [2.45, 2.75) is 70.2 Å². The van der Waals surface area contributed by atoms with Crippen molar-refractivity contribution in [1.82, 2.24) is 9.80 Å². The molecule has 0 bridgehead atoms. The topological polar surface area (TPSA) is 49.9 Å². The van der Waals surface area contributed by atoms with Gasteiger partial charge in [-0.2, -0.15) is 0 Å². The summed E-state index contributed by atoms with van der Waals surface area (Å²) in [7, 11) is 0. The first kappa shape index (κ1) is 13.9. The summed E-state index contributed by atoms with van der Waals surface area (Å²) in [6, 6.07) is 0.537. The first-order chi connectivity index (χ1) is 9.58. The van der Waals surface area contributed by atoms with E-state index in [0.717, 1.165) is 45.2 Å². The molecule has 3 heterocycles. The van der Waals surface area contributed by atoms with E-state index in [2.05, 4.69) is 4.90 Å². The molecule has 0 radical (unpaired) electrons. The molecule has 0 aromatic rings. The third-order valence-electron chi connectivity index (χ3n) is 5.03. The zero-order chi connectivity index (χ0) is 14.3. The van der Waals surface area contributed by atoms with Crippen molar-refractivity contribution in [2.24, 2.45) is 0 Å². The fraction of sp³-hybridized carbons (Fsp3) is 0.867. The Hall–Kier alpha value is -1.10. The van der Waals surface area contributed by atoms with E-state index in [1.165, 1.54) is 0 Å². The summed E-state index contributed by atoms with van der Waals surface area (Å²) >= 11 is 0. The van der Waals surface area contributed by atoms with Gasteiger partial charge in [0.15, 0.2) is 0 Å². The summed E-state index contributed by atoms with van der Waals surface area (Å²) in [4.78, 5) is 28.1. The summed E-state index contributed by atoms with van der Waals surface area (Å²) in [5, 5.41) is 0. The number of rotatable bonds is 2. The Morgan fingerprint density at radius 3 is 2.55 bits per heavy atom. The molecule has 20 heavy (non-hydrogen) atoms. The van der Waals surface area contributed by atoms with Gasteiger partial charge in [0.25, 0.3) is 0 Å². The van der Waals surface area contributed by atoms with Crippen molar-refractivity contribution in [3.05, 3.63) is 0 Å². The molecule has 3 saturated heterocycles. The molecule has 3 aliphatic rings. The third kappa shape index (κ3) is 2.32. The van der Waals surface area contributed by atoms with Gasteiger partial charge in [0.2, 0.25) is 5.91 Å². The summed E-state index contributed by atoms with van der Waals surface area (Å²) in [5.74, 6) is 0.0958.